The Balaban J connectivity index is 2.60. The molecule has 0 atom stereocenters. The van der Waals surface area contributed by atoms with Gasteiger partial charge < -0.3 is 20.3 Å². The quantitative estimate of drug-likeness (QED) is 0.752. The number of hydrogen-bond acceptors (Lipinski definition) is 3. The van der Waals surface area contributed by atoms with E-state index in [1.165, 1.54) is 12.1 Å². The Labute approximate surface area is 133 Å². The van der Waals surface area contributed by atoms with Crippen molar-refractivity contribution >= 4 is 28.9 Å². The molecule has 0 aliphatic carbocycles. The molecule has 0 saturated carbocycles. The predicted molar refractivity (Wildman–Crippen MR) is 85.2 cm³/mol. The van der Waals surface area contributed by atoms with Gasteiger partial charge in [-0.25, -0.2) is 0 Å². The maximum absolute atomic E-state index is 12.1. The lowest BCUT2D eigenvalue weighted by Crippen LogP contribution is -2.42. The Morgan fingerprint density at radius 3 is 2.45 bits per heavy atom. The van der Waals surface area contributed by atoms with Gasteiger partial charge in [-0.3, -0.25) is 4.79 Å². The van der Waals surface area contributed by atoms with Gasteiger partial charge in [0.15, 0.2) is 5.11 Å². The van der Waals surface area contributed by atoms with E-state index in [1.54, 1.807) is 17.0 Å². The van der Waals surface area contributed by atoms with Crippen molar-refractivity contribution in [1.29, 1.82) is 0 Å². The van der Waals surface area contributed by atoms with E-state index in [0.717, 1.165) is 0 Å². The van der Waals surface area contributed by atoms with Crippen molar-refractivity contribution in [3.8, 4) is 5.75 Å². The smallest absolute Gasteiger partial charge is 0.387 e. The number of nitrogens with zero attached hydrogens (tertiary/aromatic N) is 1. The number of thiocarbonyl (C=S) groups is 1. The number of alkyl halides is 2. The second-order valence-electron chi connectivity index (χ2n) is 4.30. The average Bonchev–Trinajstić information content (AvgIpc) is 2.46. The molecule has 0 aliphatic rings. The van der Waals surface area contributed by atoms with Crippen molar-refractivity contribution in [3.05, 3.63) is 24.3 Å². The molecule has 0 saturated heterocycles. The molecular weight excluding hydrogens is 312 g/mol. The summed E-state index contributed by atoms with van der Waals surface area (Å²) in [6.45, 7) is 2.15. The number of anilines is 1. The van der Waals surface area contributed by atoms with Crippen LogP contribution in [0.4, 0.5) is 14.5 Å². The summed E-state index contributed by atoms with van der Waals surface area (Å²) in [6.07, 6.45) is 0. The zero-order valence-electron chi connectivity index (χ0n) is 12.4. The maximum Gasteiger partial charge on any atom is 0.387 e. The normalized spacial score (nSPS) is 10.2. The van der Waals surface area contributed by atoms with Gasteiger partial charge in [-0.15, -0.1) is 0 Å². The molecule has 1 rings (SSSR count). The Kier molecular flexibility index (Phi) is 7.51. The van der Waals surface area contributed by atoms with Crippen LogP contribution in [-0.4, -0.2) is 42.2 Å². The number of likely N-dealkylation sites (N-methyl/N-ethyl adjacent to an activating group) is 2. The first-order valence-electron chi connectivity index (χ1n) is 6.83. The highest BCUT2D eigenvalue weighted by atomic mass is 32.1. The Hall–Kier alpha value is -1.96. The lowest BCUT2D eigenvalue weighted by molar-refractivity contribution is -0.121. The molecule has 22 heavy (non-hydrogen) atoms. The van der Waals surface area contributed by atoms with Crippen LogP contribution in [-0.2, 0) is 4.79 Å². The highest BCUT2D eigenvalue weighted by molar-refractivity contribution is 7.80. The zero-order valence-corrected chi connectivity index (χ0v) is 13.3. The summed E-state index contributed by atoms with van der Waals surface area (Å²) in [5.41, 5.74) is 0.626. The third-order valence-corrected chi connectivity index (χ3v) is 3.07. The fraction of sp³-hybridized carbons (Fsp3) is 0.429. The standard InChI is InChI=1S/C14H19F2N3O2S/c1-3-17-12(20)9-19(4-2)14(22)18-10-5-7-11(8-6-10)21-13(15)16/h5-8,13H,3-4,9H2,1-2H3,(H,17,20)(H,18,22). The van der Waals surface area contributed by atoms with Crippen molar-refractivity contribution in [2.75, 3.05) is 25.0 Å². The number of amides is 1. The summed E-state index contributed by atoms with van der Waals surface area (Å²) in [6, 6.07) is 5.97. The minimum absolute atomic E-state index is 0.0705. The van der Waals surface area contributed by atoms with E-state index < -0.39 is 6.61 Å². The second-order valence-corrected chi connectivity index (χ2v) is 4.69. The molecule has 0 radical (unpaired) electrons. The molecular formula is C14H19F2N3O2S. The van der Waals surface area contributed by atoms with Gasteiger partial charge in [-0.05, 0) is 50.3 Å². The highest BCUT2D eigenvalue weighted by Gasteiger charge is 2.12. The molecule has 0 aliphatic heterocycles. The van der Waals surface area contributed by atoms with Crippen LogP contribution in [0.2, 0.25) is 0 Å². The van der Waals surface area contributed by atoms with Gasteiger partial charge in [-0.2, -0.15) is 8.78 Å². The summed E-state index contributed by atoms with van der Waals surface area (Å²) in [5.74, 6) is -0.0460. The fourth-order valence-corrected chi connectivity index (χ4v) is 1.99. The van der Waals surface area contributed by atoms with Gasteiger partial charge in [0.1, 0.15) is 5.75 Å². The Bertz CT molecular complexity index is 497. The number of ether oxygens (including phenoxy) is 1. The van der Waals surface area contributed by atoms with Gasteiger partial charge in [0.05, 0.1) is 6.54 Å². The van der Waals surface area contributed by atoms with Crippen molar-refractivity contribution in [1.82, 2.24) is 10.2 Å². The van der Waals surface area contributed by atoms with E-state index in [4.69, 9.17) is 12.2 Å². The number of carbonyl (C=O) groups excluding carboxylic acids is 1. The molecule has 122 valence electrons. The van der Waals surface area contributed by atoms with Crippen molar-refractivity contribution in [3.63, 3.8) is 0 Å². The monoisotopic (exact) mass is 331 g/mol. The van der Waals surface area contributed by atoms with Gasteiger partial charge in [0, 0.05) is 18.8 Å². The minimum atomic E-state index is -2.85. The summed E-state index contributed by atoms with van der Waals surface area (Å²) < 4.78 is 28.4. The topological polar surface area (TPSA) is 53.6 Å². The highest BCUT2D eigenvalue weighted by Crippen LogP contribution is 2.18. The molecule has 1 amide bonds. The first-order chi connectivity index (χ1) is 10.5. The third kappa shape index (κ3) is 6.21. The van der Waals surface area contributed by atoms with Gasteiger partial charge in [0.25, 0.3) is 0 Å². The lowest BCUT2D eigenvalue weighted by Gasteiger charge is -2.23. The largest absolute Gasteiger partial charge is 0.435 e. The molecule has 1 aromatic carbocycles. The van der Waals surface area contributed by atoms with Crippen LogP contribution in [0.3, 0.4) is 0 Å². The molecule has 8 heteroatoms. The van der Waals surface area contributed by atoms with E-state index in [2.05, 4.69) is 15.4 Å². The van der Waals surface area contributed by atoms with Crippen LogP contribution in [0.15, 0.2) is 24.3 Å². The summed E-state index contributed by atoms with van der Waals surface area (Å²) in [5, 5.41) is 6.04. The number of rotatable bonds is 7. The summed E-state index contributed by atoms with van der Waals surface area (Å²) in [7, 11) is 0. The molecule has 0 spiro atoms. The molecule has 0 heterocycles. The van der Waals surface area contributed by atoms with Crippen molar-refractivity contribution in [2.24, 2.45) is 0 Å². The van der Waals surface area contributed by atoms with Gasteiger partial charge in [0.2, 0.25) is 5.91 Å². The number of benzene rings is 1. The summed E-state index contributed by atoms with van der Waals surface area (Å²) in [4.78, 5) is 13.3. The third-order valence-electron chi connectivity index (χ3n) is 2.71. The van der Waals surface area contributed by atoms with E-state index in [-0.39, 0.29) is 18.2 Å². The van der Waals surface area contributed by atoms with E-state index in [1.807, 2.05) is 13.8 Å². The number of nitrogens with one attached hydrogen (secondary N) is 2. The number of hydrogen-bond donors (Lipinski definition) is 2. The molecule has 0 aromatic heterocycles. The van der Waals surface area contributed by atoms with Crippen molar-refractivity contribution in [2.45, 2.75) is 20.5 Å². The number of halogens is 2. The first-order valence-corrected chi connectivity index (χ1v) is 7.24. The molecule has 0 unspecified atom stereocenters. The predicted octanol–water partition coefficient (Wildman–Crippen LogP) is 2.44. The van der Waals surface area contributed by atoms with Crippen LogP contribution in [0, 0.1) is 0 Å². The molecule has 1 aromatic rings. The minimum Gasteiger partial charge on any atom is -0.435 e. The first kappa shape index (κ1) is 18.1. The van der Waals surface area contributed by atoms with Gasteiger partial charge in [-0.1, -0.05) is 0 Å². The second kappa shape index (κ2) is 9.14. The lowest BCUT2D eigenvalue weighted by atomic mass is 10.3. The molecule has 0 bridgehead atoms. The van der Waals surface area contributed by atoms with Crippen LogP contribution in [0.1, 0.15) is 13.8 Å². The van der Waals surface area contributed by atoms with E-state index >= 15 is 0 Å². The fourth-order valence-electron chi connectivity index (χ4n) is 1.68. The van der Waals surface area contributed by atoms with E-state index in [0.29, 0.717) is 23.9 Å². The van der Waals surface area contributed by atoms with Crippen LogP contribution < -0.4 is 15.4 Å². The zero-order chi connectivity index (χ0) is 16.5. The molecule has 5 nitrogen and oxygen atoms in total. The van der Waals surface area contributed by atoms with E-state index in [9.17, 15) is 13.6 Å². The average molecular weight is 331 g/mol. The Morgan fingerprint density at radius 1 is 1.32 bits per heavy atom. The Morgan fingerprint density at radius 2 is 1.95 bits per heavy atom. The van der Waals surface area contributed by atoms with Crippen LogP contribution >= 0.6 is 12.2 Å². The van der Waals surface area contributed by atoms with Gasteiger partial charge >= 0.3 is 6.61 Å². The summed E-state index contributed by atoms with van der Waals surface area (Å²) >= 11 is 5.25. The molecule has 2 N–H and O–H groups in total. The SMILES string of the molecule is CCNC(=O)CN(CC)C(=S)Nc1ccc(OC(F)F)cc1. The molecule has 0 fully saturated rings. The maximum atomic E-state index is 12.1. The number of carbonyl (C=O) groups is 1. The van der Waals surface area contributed by atoms with Crippen LogP contribution in [0.5, 0.6) is 5.75 Å². The van der Waals surface area contributed by atoms with Crippen LogP contribution in [0.25, 0.3) is 0 Å². The van der Waals surface area contributed by atoms with Crippen molar-refractivity contribution < 1.29 is 18.3 Å².